The number of benzene rings is 2. The molecule has 26 heavy (non-hydrogen) atoms. The molecule has 0 saturated heterocycles. The summed E-state index contributed by atoms with van der Waals surface area (Å²) < 4.78 is 52.0. The van der Waals surface area contributed by atoms with Crippen LogP contribution in [0.5, 0.6) is 0 Å². The Labute approximate surface area is 158 Å². The Morgan fingerprint density at radius 1 is 0.962 bits per heavy atom. The third kappa shape index (κ3) is 3.64. The molecule has 0 amide bonds. The van der Waals surface area contributed by atoms with Crippen molar-refractivity contribution in [1.82, 2.24) is 0 Å². The Morgan fingerprint density at radius 3 is 1.81 bits per heavy atom. The molecule has 0 aliphatic carbocycles. The number of hydrogen-bond donors (Lipinski definition) is 0. The fourth-order valence-corrected chi connectivity index (χ4v) is 3.06. The largest absolute Gasteiger partial charge is 0.451 e. The molecule has 0 heterocycles. The van der Waals surface area contributed by atoms with Crippen LogP contribution in [0, 0.1) is 0 Å². The van der Waals surface area contributed by atoms with E-state index in [-0.39, 0.29) is 10.9 Å². The summed E-state index contributed by atoms with van der Waals surface area (Å²) in [7, 11) is 0.843. The topological polar surface area (TPSA) is 35.5 Å². The summed E-state index contributed by atoms with van der Waals surface area (Å²) in [5, 5.41) is 0.113. The zero-order chi connectivity index (χ0) is 19.4. The molecule has 0 aliphatic rings. The van der Waals surface area contributed by atoms with Gasteiger partial charge in [-0.25, -0.2) is 4.79 Å². The van der Waals surface area contributed by atoms with Gasteiger partial charge in [0.15, 0.2) is 0 Å². The molecule has 3 nitrogen and oxygen atoms in total. The number of carbonyl (C=O) groups is 1. The number of esters is 1. The molecule has 2 atom stereocenters. The Morgan fingerprint density at radius 2 is 1.42 bits per heavy atom. The lowest BCUT2D eigenvalue weighted by Gasteiger charge is -2.36. The molecule has 0 saturated carbocycles. The van der Waals surface area contributed by atoms with Gasteiger partial charge in [-0.1, -0.05) is 76.6 Å². The summed E-state index contributed by atoms with van der Waals surface area (Å²) in [6, 6.07) is 15.3. The van der Waals surface area contributed by atoms with E-state index in [4.69, 9.17) is 9.47 Å². The first-order valence-corrected chi connectivity index (χ1v) is 8.86. The molecule has 2 rings (SSSR count). The predicted molar refractivity (Wildman–Crippen MR) is 94.9 cm³/mol. The van der Waals surface area contributed by atoms with E-state index in [1.54, 1.807) is 36.4 Å². The van der Waals surface area contributed by atoms with E-state index < -0.39 is 23.3 Å². The van der Waals surface area contributed by atoms with Crippen molar-refractivity contribution in [2.24, 2.45) is 0 Å². The van der Waals surface area contributed by atoms with Crippen molar-refractivity contribution >= 4 is 21.9 Å². The second-order valence-electron chi connectivity index (χ2n) is 5.87. The first-order chi connectivity index (χ1) is 12.2. The van der Waals surface area contributed by atoms with Crippen LogP contribution in [0.25, 0.3) is 0 Å². The van der Waals surface area contributed by atoms with Crippen molar-refractivity contribution in [2.45, 2.75) is 24.3 Å². The van der Waals surface area contributed by atoms with Gasteiger partial charge in [0.2, 0.25) is 0 Å². The Kier molecular flexibility index (Phi) is 6.13. The van der Waals surface area contributed by atoms with E-state index in [0.29, 0.717) is 5.56 Å². The van der Waals surface area contributed by atoms with Crippen molar-refractivity contribution in [1.29, 1.82) is 0 Å². The summed E-state index contributed by atoms with van der Waals surface area (Å²) >= 11 is 3.23. The maximum Gasteiger partial charge on any atom is 0.432 e. The number of halogens is 4. The highest BCUT2D eigenvalue weighted by Gasteiger charge is 2.64. The Balaban J connectivity index is 2.51. The molecule has 0 aromatic heterocycles. The van der Waals surface area contributed by atoms with E-state index in [1.807, 2.05) is 0 Å². The van der Waals surface area contributed by atoms with Crippen molar-refractivity contribution in [3.63, 3.8) is 0 Å². The summed E-state index contributed by atoms with van der Waals surface area (Å²) in [6.45, 7) is 1.54. The van der Waals surface area contributed by atoms with E-state index >= 15 is 0 Å². The SMILES string of the molecule is CO[C@@](C(=O)OC(C)(CBr)c1ccccc1)(c1ccccc1)C(F)(F)F. The fraction of sp³-hybridized carbons (Fsp3) is 0.316. The lowest BCUT2D eigenvalue weighted by atomic mass is 9.91. The Bertz CT molecular complexity index is 737. The second kappa shape index (κ2) is 7.80. The first-order valence-electron chi connectivity index (χ1n) is 7.73. The highest BCUT2D eigenvalue weighted by Crippen LogP contribution is 2.44. The van der Waals surface area contributed by atoms with Crippen molar-refractivity contribution < 1.29 is 27.4 Å². The van der Waals surface area contributed by atoms with Gasteiger partial charge in [0.05, 0.1) is 0 Å². The fourth-order valence-electron chi connectivity index (χ4n) is 2.62. The van der Waals surface area contributed by atoms with Gasteiger partial charge in [0.25, 0.3) is 5.60 Å². The molecule has 2 aromatic carbocycles. The molecule has 0 N–H and O–H groups in total. The van der Waals surface area contributed by atoms with Gasteiger partial charge in [-0.2, -0.15) is 13.2 Å². The minimum Gasteiger partial charge on any atom is -0.451 e. The second-order valence-corrected chi connectivity index (χ2v) is 6.43. The maximum absolute atomic E-state index is 14.0. The van der Waals surface area contributed by atoms with Gasteiger partial charge >= 0.3 is 12.1 Å². The summed E-state index contributed by atoms with van der Waals surface area (Å²) in [5.74, 6) is -1.52. The van der Waals surface area contributed by atoms with Crippen LogP contribution in [0.2, 0.25) is 0 Å². The van der Waals surface area contributed by atoms with Gasteiger partial charge in [-0.3, -0.25) is 0 Å². The minimum absolute atomic E-state index is 0.113. The van der Waals surface area contributed by atoms with E-state index in [0.717, 1.165) is 7.11 Å². The van der Waals surface area contributed by atoms with E-state index in [2.05, 4.69) is 15.9 Å². The van der Waals surface area contributed by atoms with Crippen LogP contribution >= 0.6 is 15.9 Å². The number of hydrogen-bond acceptors (Lipinski definition) is 3. The third-order valence-corrected chi connectivity index (χ3v) is 5.20. The monoisotopic (exact) mass is 430 g/mol. The number of methoxy groups -OCH3 is 1. The van der Waals surface area contributed by atoms with Crippen LogP contribution in [-0.4, -0.2) is 24.6 Å². The lowest BCUT2D eigenvalue weighted by molar-refractivity contribution is -0.280. The first kappa shape index (κ1) is 20.5. The summed E-state index contributed by atoms with van der Waals surface area (Å²) in [6.07, 6.45) is -5.01. The van der Waals surface area contributed by atoms with E-state index in [9.17, 15) is 18.0 Å². The quantitative estimate of drug-likeness (QED) is 0.480. The van der Waals surface area contributed by atoms with Gasteiger partial charge in [-0.05, 0) is 12.5 Å². The summed E-state index contributed by atoms with van der Waals surface area (Å²) in [4.78, 5) is 12.8. The smallest absolute Gasteiger partial charge is 0.432 e. The molecule has 2 aromatic rings. The zero-order valence-corrected chi connectivity index (χ0v) is 15.8. The zero-order valence-electron chi connectivity index (χ0n) is 14.2. The average molecular weight is 431 g/mol. The van der Waals surface area contributed by atoms with Crippen molar-refractivity contribution in [2.75, 3.05) is 12.4 Å². The highest BCUT2D eigenvalue weighted by atomic mass is 79.9. The number of ether oxygens (including phenoxy) is 2. The predicted octanol–water partition coefficient (Wildman–Crippen LogP) is 4.94. The lowest BCUT2D eigenvalue weighted by Crippen LogP contribution is -2.53. The minimum atomic E-state index is -5.01. The van der Waals surface area contributed by atoms with Gasteiger partial charge in [0.1, 0.15) is 5.60 Å². The number of rotatable bonds is 6. The van der Waals surface area contributed by atoms with Crippen LogP contribution in [0.1, 0.15) is 18.1 Å². The van der Waals surface area contributed by atoms with Crippen LogP contribution in [-0.2, 0) is 25.5 Å². The molecular formula is C19H18BrF3O3. The van der Waals surface area contributed by atoms with Crippen LogP contribution < -0.4 is 0 Å². The summed E-state index contributed by atoms with van der Waals surface area (Å²) in [5.41, 5.74) is -4.30. The molecule has 140 valence electrons. The average Bonchev–Trinajstić information content (AvgIpc) is 2.63. The highest BCUT2D eigenvalue weighted by molar-refractivity contribution is 9.09. The van der Waals surface area contributed by atoms with Crippen molar-refractivity contribution in [3.05, 3.63) is 71.8 Å². The van der Waals surface area contributed by atoms with Gasteiger partial charge in [-0.15, -0.1) is 0 Å². The molecule has 0 fully saturated rings. The standard InChI is InChI=1S/C19H18BrF3O3/c1-17(13-20,14-9-5-3-6-10-14)26-16(24)18(25-2,19(21,22)23)15-11-7-4-8-12-15/h3-12H,13H2,1-2H3/t17?,18-/m1/s1. The Hall–Kier alpha value is -1.86. The maximum atomic E-state index is 14.0. The third-order valence-electron chi connectivity index (χ3n) is 4.13. The van der Waals surface area contributed by atoms with Gasteiger partial charge < -0.3 is 9.47 Å². The van der Waals surface area contributed by atoms with Crippen LogP contribution in [0.3, 0.4) is 0 Å². The normalized spacial score (nSPS) is 16.4. The molecule has 0 bridgehead atoms. The molecule has 7 heteroatoms. The van der Waals surface area contributed by atoms with Gasteiger partial charge in [0, 0.05) is 18.0 Å². The molecule has 0 spiro atoms. The van der Waals surface area contributed by atoms with Crippen LogP contribution in [0.4, 0.5) is 13.2 Å². The number of alkyl halides is 4. The van der Waals surface area contributed by atoms with E-state index in [1.165, 1.54) is 31.2 Å². The molecule has 1 unspecified atom stereocenters. The molecular weight excluding hydrogens is 413 g/mol. The molecule has 0 aliphatic heterocycles. The van der Waals surface area contributed by atoms with Crippen molar-refractivity contribution in [3.8, 4) is 0 Å². The number of carbonyl (C=O) groups excluding carboxylic acids is 1. The van der Waals surface area contributed by atoms with Crippen LogP contribution in [0.15, 0.2) is 60.7 Å². The molecule has 0 radical (unpaired) electrons.